The van der Waals surface area contributed by atoms with Gasteiger partial charge in [-0.2, -0.15) is 0 Å². The van der Waals surface area contributed by atoms with Crippen molar-refractivity contribution < 1.29 is 9.47 Å². The van der Waals surface area contributed by atoms with Gasteiger partial charge >= 0.3 is 122 Å². The number of ether oxygens (including phenoxy) is 2. The van der Waals surface area contributed by atoms with Gasteiger partial charge in [0.25, 0.3) is 0 Å². The number of hydrogen-bond donors (Lipinski definition) is 0. The van der Waals surface area contributed by atoms with Gasteiger partial charge in [-0.15, -0.1) is 0 Å². The molecule has 0 unspecified atom stereocenters. The molecule has 3 aromatic rings. The van der Waals surface area contributed by atoms with E-state index < -0.39 is 20.4 Å². The first-order valence-corrected chi connectivity index (χ1v) is 8.46. The third-order valence-corrected chi connectivity index (χ3v) is 4.72. The summed E-state index contributed by atoms with van der Waals surface area (Å²) in [4.78, 5) is 0. The van der Waals surface area contributed by atoms with Gasteiger partial charge in [0.15, 0.2) is 0 Å². The van der Waals surface area contributed by atoms with Gasteiger partial charge in [0.05, 0.1) is 0 Å². The molecular weight excluding hydrogens is 352 g/mol. The molecule has 0 N–H and O–H groups in total. The van der Waals surface area contributed by atoms with E-state index in [0.29, 0.717) is 0 Å². The zero-order valence-electron chi connectivity index (χ0n) is 10.2. The van der Waals surface area contributed by atoms with E-state index in [2.05, 4.69) is 4.08 Å². The van der Waals surface area contributed by atoms with E-state index in [4.69, 9.17) is 9.47 Å². The molecule has 2 aromatic carbocycles. The first kappa shape index (κ1) is 12.3. The van der Waals surface area contributed by atoms with Crippen LogP contribution in [0.4, 0.5) is 0 Å². The average Bonchev–Trinajstić information content (AvgIpc) is 2.88. The van der Waals surface area contributed by atoms with Gasteiger partial charge in [-0.25, -0.2) is 0 Å². The normalized spacial score (nSPS) is 10.1. The minimum atomic E-state index is -0.417. The molecule has 0 atom stereocenters. The second-order valence-electron chi connectivity index (χ2n) is 3.90. The summed E-state index contributed by atoms with van der Waals surface area (Å²) in [5.41, 5.74) is 0. The number of benzene rings is 2. The van der Waals surface area contributed by atoms with E-state index in [9.17, 15) is 0 Å². The maximum absolute atomic E-state index is 5.91. The van der Waals surface area contributed by atoms with Gasteiger partial charge in [0.1, 0.15) is 0 Å². The van der Waals surface area contributed by atoms with E-state index in [-0.39, 0.29) is 0 Å². The summed E-state index contributed by atoms with van der Waals surface area (Å²) in [5, 5.41) is 0. The van der Waals surface area contributed by atoms with Gasteiger partial charge in [0.2, 0.25) is 0 Å². The van der Waals surface area contributed by atoms with Crippen LogP contribution in [-0.4, -0.2) is 20.4 Å². The third-order valence-electron chi connectivity index (χ3n) is 2.52. The van der Waals surface area contributed by atoms with Crippen molar-refractivity contribution in [2.75, 3.05) is 0 Å². The summed E-state index contributed by atoms with van der Waals surface area (Å²) >= 11 is -0.417. The molecule has 1 heterocycles. The van der Waals surface area contributed by atoms with Gasteiger partial charge in [0, 0.05) is 0 Å². The number of rotatable bonds is 4. The van der Waals surface area contributed by atoms with Crippen LogP contribution in [0.2, 0.25) is 0 Å². The molecule has 0 saturated carbocycles. The second kappa shape index (κ2) is 5.97. The Balaban J connectivity index is 1.79. The Morgan fingerprint density at radius 2 is 1.21 bits per heavy atom. The molecule has 3 heteroatoms. The fraction of sp³-hybridized carbons (Fsp3) is 0. The van der Waals surface area contributed by atoms with E-state index in [1.165, 1.54) is 0 Å². The van der Waals surface area contributed by atoms with Crippen LogP contribution < -0.4 is 9.47 Å². The van der Waals surface area contributed by atoms with Crippen LogP contribution in [0.15, 0.2) is 70.8 Å². The molecule has 0 spiro atoms. The van der Waals surface area contributed by atoms with Crippen molar-refractivity contribution in [1.82, 2.24) is 0 Å². The SMILES string of the molecule is c1ccc(Oc2cc[te]c2Oc2ccccc2)cc1. The van der Waals surface area contributed by atoms with Crippen LogP contribution in [0.1, 0.15) is 0 Å². The summed E-state index contributed by atoms with van der Waals surface area (Å²) in [6, 6.07) is 21.6. The molecule has 0 amide bonds. The molecular formula is C16H12O2Te. The maximum atomic E-state index is 5.91. The number of hydrogen-bond acceptors (Lipinski definition) is 2. The van der Waals surface area contributed by atoms with Gasteiger partial charge < -0.3 is 0 Å². The molecule has 0 aliphatic rings. The van der Waals surface area contributed by atoms with Crippen molar-refractivity contribution in [3.8, 4) is 21.0 Å². The topological polar surface area (TPSA) is 18.5 Å². The van der Waals surface area contributed by atoms with Crippen LogP contribution >= 0.6 is 0 Å². The quantitative estimate of drug-likeness (QED) is 0.642. The first-order valence-electron chi connectivity index (χ1n) is 5.95. The fourth-order valence-electron chi connectivity index (χ4n) is 1.64. The first-order chi connectivity index (χ1) is 9.42. The fourth-order valence-corrected chi connectivity index (χ4v) is 3.60. The van der Waals surface area contributed by atoms with Crippen molar-refractivity contribution in [2.45, 2.75) is 0 Å². The molecule has 3 rings (SSSR count). The van der Waals surface area contributed by atoms with Crippen molar-refractivity contribution in [3.05, 3.63) is 70.8 Å². The summed E-state index contributed by atoms with van der Waals surface area (Å²) in [5.74, 6) is 2.53. The molecule has 0 aliphatic heterocycles. The monoisotopic (exact) mass is 366 g/mol. The molecule has 0 bridgehead atoms. The standard InChI is InChI=1S/C16H12O2Te/c1-3-7-13(8-4-1)17-15-11-12-19-16(15)18-14-9-5-2-6-10-14/h1-12H. The summed E-state index contributed by atoms with van der Waals surface area (Å²) in [7, 11) is 0. The Morgan fingerprint density at radius 3 is 1.84 bits per heavy atom. The van der Waals surface area contributed by atoms with Crippen molar-refractivity contribution in [3.63, 3.8) is 0 Å². The Bertz CT molecular complexity index is 576. The minimum absolute atomic E-state index is 0.417. The van der Waals surface area contributed by atoms with Crippen LogP contribution in [-0.2, 0) is 0 Å². The number of para-hydroxylation sites is 2. The van der Waals surface area contributed by atoms with Gasteiger partial charge in [-0.05, 0) is 0 Å². The van der Waals surface area contributed by atoms with E-state index >= 15 is 0 Å². The van der Waals surface area contributed by atoms with Crippen LogP contribution in [0.25, 0.3) is 0 Å². The van der Waals surface area contributed by atoms with E-state index in [1.807, 2.05) is 66.7 Å². The zero-order chi connectivity index (χ0) is 12.9. The van der Waals surface area contributed by atoms with E-state index in [1.54, 1.807) is 0 Å². The molecule has 0 radical (unpaired) electrons. The molecule has 0 saturated heterocycles. The zero-order valence-corrected chi connectivity index (χ0v) is 12.5. The molecule has 0 fully saturated rings. The van der Waals surface area contributed by atoms with Crippen LogP contribution in [0, 0.1) is 0 Å². The van der Waals surface area contributed by atoms with Gasteiger partial charge in [-0.1, -0.05) is 0 Å². The van der Waals surface area contributed by atoms with Gasteiger partial charge in [-0.3, -0.25) is 0 Å². The molecule has 94 valence electrons. The Labute approximate surface area is 121 Å². The summed E-state index contributed by atoms with van der Waals surface area (Å²) in [6.07, 6.45) is 0. The molecule has 2 nitrogen and oxygen atoms in total. The predicted octanol–water partition coefficient (Wildman–Crippen LogP) is 4.33. The average molecular weight is 364 g/mol. The van der Waals surface area contributed by atoms with Crippen LogP contribution in [0.3, 0.4) is 0 Å². The van der Waals surface area contributed by atoms with Crippen molar-refractivity contribution >= 4 is 20.4 Å². The molecule has 1 aromatic heterocycles. The van der Waals surface area contributed by atoms with Crippen molar-refractivity contribution in [1.29, 1.82) is 0 Å². The predicted molar refractivity (Wildman–Crippen MR) is 76.4 cm³/mol. The third kappa shape index (κ3) is 3.20. The van der Waals surface area contributed by atoms with Crippen LogP contribution in [0.5, 0.6) is 21.0 Å². The Kier molecular flexibility index (Phi) is 3.88. The molecule has 19 heavy (non-hydrogen) atoms. The second-order valence-corrected chi connectivity index (χ2v) is 6.41. The summed E-state index contributed by atoms with van der Waals surface area (Å²) < 4.78 is 14.9. The summed E-state index contributed by atoms with van der Waals surface area (Å²) in [6.45, 7) is 0. The van der Waals surface area contributed by atoms with E-state index in [0.717, 1.165) is 21.0 Å². The Morgan fingerprint density at radius 1 is 0.632 bits per heavy atom. The van der Waals surface area contributed by atoms with Crippen molar-refractivity contribution in [2.24, 2.45) is 0 Å². The Hall–Kier alpha value is -1.69. The molecule has 0 aliphatic carbocycles.